The smallest absolute Gasteiger partial charge is 0.374 e. The molecule has 228 valence electrons. The summed E-state index contributed by atoms with van der Waals surface area (Å²) >= 11 is 0. The van der Waals surface area contributed by atoms with Gasteiger partial charge >= 0.3 is 12.4 Å². The number of benzene rings is 2. The number of aryl methyl sites for hydroxylation is 1. The molecule has 2 aromatic rings. The van der Waals surface area contributed by atoms with E-state index in [2.05, 4.69) is 0 Å². The summed E-state index contributed by atoms with van der Waals surface area (Å²) in [5.41, 5.74) is -1.47. The summed E-state index contributed by atoms with van der Waals surface area (Å²) in [6, 6.07) is 5.55. The lowest BCUT2D eigenvalue weighted by molar-refractivity contribution is -0.143. The molecule has 0 aromatic heterocycles. The summed E-state index contributed by atoms with van der Waals surface area (Å²) in [6.07, 6.45) is -6.70. The van der Waals surface area contributed by atoms with Gasteiger partial charge in [0.25, 0.3) is 0 Å². The minimum absolute atomic E-state index is 0.00973. The van der Waals surface area contributed by atoms with E-state index in [-0.39, 0.29) is 17.4 Å². The second-order valence-corrected chi connectivity index (χ2v) is 11.9. The van der Waals surface area contributed by atoms with Gasteiger partial charge in [-0.15, -0.1) is 0 Å². The van der Waals surface area contributed by atoms with Gasteiger partial charge in [-0.1, -0.05) is 19.9 Å². The van der Waals surface area contributed by atoms with Crippen molar-refractivity contribution in [3.8, 4) is 0 Å². The molecule has 4 rings (SSSR count). The third kappa shape index (κ3) is 6.81. The van der Waals surface area contributed by atoms with E-state index in [9.17, 15) is 40.3 Å². The molecule has 2 unspecified atom stereocenters. The van der Waals surface area contributed by atoms with Crippen molar-refractivity contribution in [2.24, 2.45) is 11.3 Å². The third-order valence-corrected chi connectivity index (χ3v) is 8.38. The van der Waals surface area contributed by atoms with Gasteiger partial charge in [-0.05, 0) is 73.2 Å². The van der Waals surface area contributed by atoms with Crippen LogP contribution in [0.3, 0.4) is 0 Å². The molecule has 2 aliphatic rings. The number of ketones is 1. The lowest BCUT2D eigenvalue weighted by Crippen LogP contribution is -2.46. The van der Waals surface area contributed by atoms with Crippen LogP contribution in [0.4, 0.5) is 30.7 Å². The van der Waals surface area contributed by atoms with Crippen molar-refractivity contribution in [1.82, 2.24) is 9.80 Å². The van der Waals surface area contributed by atoms with E-state index in [0.717, 1.165) is 10.6 Å². The fourth-order valence-corrected chi connectivity index (χ4v) is 5.86. The van der Waals surface area contributed by atoms with Gasteiger partial charge < -0.3 is 9.80 Å². The zero-order chi connectivity index (χ0) is 31.2. The first-order chi connectivity index (χ1) is 19.4. The zero-order valence-corrected chi connectivity index (χ0v) is 23.8. The van der Waals surface area contributed by atoms with Gasteiger partial charge in [0.15, 0.2) is 5.78 Å². The number of nitrogens with zero attached hydrogens (tertiary/aromatic N) is 2. The van der Waals surface area contributed by atoms with Crippen LogP contribution in [0.25, 0.3) is 0 Å². The monoisotopic (exact) mass is 598 g/mol. The first kappa shape index (κ1) is 31.6. The molecule has 1 aliphatic heterocycles. The van der Waals surface area contributed by atoms with Gasteiger partial charge in [-0.2, -0.15) is 26.3 Å². The molecule has 1 saturated heterocycles. The Labute approximate surface area is 240 Å². The number of likely N-dealkylation sites (tertiary alicyclic amines) is 1. The number of rotatable bonds is 5. The maximum Gasteiger partial charge on any atom is 0.416 e. The van der Waals surface area contributed by atoms with E-state index >= 15 is 0 Å². The average Bonchev–Trinajstić information content (AvgIpc) is 2.88. The third-order valence-electron chi connectivity index (χ3n) is 8.38. The van der Waals surface area contributed by atoms with Crippen molar-refractivity contribution >= 4 is 11.7 Å². The van der Waals surface area contributed by atoms with Gasteiger partial charge in [0.2, 0.25) is 5.91 Å². The molecule has 1 amide bonds. The second-order valence-electron chi connectivity index (χ2n) is 11.9. The summed E-state index contributed by atoms with van der Waals surface area (Å²) in [5.74, 6) is -2.00. The quantitative estimate of drug-likeness (QED) is 0.335. The van der Waals surface area contributed by atoms with Crippen molar-refractivity contribution in [3.63, 3.8) is 0 Å². The molecule has 11 heteroatoms. The molecule has 0 N–H and O–H groups in total. The van der Waals surface area contributed by atoms with Gasteiger partial charge in [-0.3, -0.25) is 9.59 Å². The van der Waals surface area contributed by atoms with E-state index in [1.807, 2.05) is 18.7 Å². The summed E-state index contributed by atoms with van der Waals surface area (Å²) in [7, 11) is 1.35. The number of amides is 1. The number of alkyl halides is 6. The minimum Gasteiger partial charge on any atom is -0.374 e. The SMILES string of the molecule is Cc1cc(F)ccc1C1CN(C2=CC(=O)C(C)(C)CC2)CCC1C(=O)N(C)Cc1cc(C(F)(F)F)cc(C(F)(F)F)c1. The van der Waals surface area contributed by atoms with Crippen LogP contribution in [0.2, 0.25) is 0 Å². The first-order valence-electron chi connectivity index (χ1n) is 13.7. The number of carbonyl (C=O) groups excluding carboxylic acids is 2. The predicted molar refractivity (Wildman–Crippen MR) is 143 cm³/mol. The van der Waals surface area contributed by atoms with Crippen LogP contribution >= 0.6 is 0 Å². The lowest BCUT2D eigenvalue weighted by Gasteiger charge is -2.43. The topological polar surface area (TPSA) is 40.6 Å². The highest BCUT2D eigenvalue weighted by Crippen LogP contribution is 2.41. The fraction of sp³-hybridized carbons (Fsp3) is 0.484. The molecule has 2 atom stereocenters. The standard InChI is InChI=1S/C31H33F7N2O2/c1-18-11-22(32)5-6-24(18)26-17-40(23-7-9-29(2,3)27(41)15-23)10-8-25(26)28(42)39(4)16-19-12-20(30(33,34)35)14-21(13-19)31(36,37)38/h5-6,11-15,25-26H,7-10,16-17H2,1-4H3. The van der Waals surface area contributed by atoms with E-state index < -0.39 is 59.0 Å². The molecule has 2 aromatic carbocycles. The molecule has 4 nitrogen and oxygen atoms in total. The van der Waals surface area contributed by atoms with E-state index in [1.54, 1.807) is 19.1 Å². The normalized spacial score (nSPS) is 21.3. The van der Waals surface area contributed by atoms with Crippen LogP contribution in [0.5, 0.6) is 0 Å². The summed E-state index contributed by atoms with van der Waals surface area (Å²) in [6.45, 7) is 5.80. The number of carbonyl (C=O) groups is 2. The Morgan fingerprint density at radius 2 is 1.64 bits per heavy atom. The van der Waals surface area contributed by atoms with E-state index in [4.69, 9.17) is 0 Å². The molecule has 0 radical (unpaired) electrons. The molecule has 0 spiro atoms. The van der Waals surface area contributed by atoms with Crippen molar-refractivity contribution in [2.45, 2.75) is 64.8 Å². The van der Waals surface area contributed by atoms with Crippen LogP contribution in [-0.2, 0) is 28.5 Å². The largest absolute Gasteiger partial charge is 0.416 e. The Morgan fingerprint density at radius 3 is 2.19 bits per heavy atom. The Kier molecular flexibility index (Phi) is 8.55. The fourth-order valence-electron chi connectivity index (χ4n) is 5.86. The van der Waals surface area contributed by atoms with E-state index in [0.29, 0.717) is 55.6 Å². The summed E-state index contributed by atoms with van der Waals surface area (Å²) < 4.78 is 94.2. The first-order valence-corrected chi connectivity index (χ1v) is 13.7. The highest BCUT2D eigenvalue weighted by molar-refractivity contribution is 5.95. The van der Waals surface area contributed by atoms with Crippen LogP contribution in [0, 0.1) is 24.1 Å². The van der Waals surface area contributed by atoms with E-state index in [1.165, 1.54) is 19.2 Å². The Balaban J connectivity index is 1.63. The lowest BCUT2D eigenvalue weighted by atomic mass is 9.76. The maximum absolute atomic E-state index is 14.0. The number of hydrogen-bond acceptors (Lipinski definition) is 3. The van der Waals surface area contributed by atoms with Crippen LogP contribution in [0.1, 0.15) is 66.8 Å². The number of halogens is 7. The Hall–Kier alpha value is -3.37. The minimum atomic E-state index is -5.00. The molecule has 0 bridgehead atoms. The molecule has 1 fully saturated rings. The number of piperidine rings is 1. The average molecular weight is 599 g/mol. The molecular weight excluding hydrogens is 565 g/mol. The van der Waals surface area contributed by atoms with Crippen LogP contribution in [0.15, 0.2) is 48.2 Å². The molecule has 42 heavy (non-hydrogen) atoms. The van der Waals surface area contributed by atoms with Gasteiger partial charge in [-0.25, -0.2) is 4.39 Å². The van der Waals surface area contributed by atoms with Crippen molar-refractivity contribution in [2.75, 3.05) is 20.1 Å². The highest BCUT2D eigenvalue weighted by Gasteiger charge is 2.41. The second kappa shape index (κ2) is 11.4. The van der Waals surface area contributed by atoms with Gasteiger partial charge in [0.05, 0.1) is 11.1 Å². The number of hydrogen-bond donors (Lipinski definition) is 0. The molecular formula is C31H33F7N2O2. The molecule has 0 saturated carbocycles. The predicted octanol–water partition coefficient (Wildman–Crippen LogP) is 7.51. The highest BCUT2D eigenvalue weighted by atomic mass is 19.4. The summed E-state index contributed by atoms with van der Waals surface area (Å²) in [4.78, 5) is 29.6. The maximum atomic E-state index is 14.0. The van der Waals surface area contributed by atoms with Crippen molar-refractivity contribution in [3.05, 3.63) is 81.8 Å². The number of allylic oxidation sites excluding steroid dienone is 2. The van der Waals surface area contributed by atoms with Crippen molar-refractivity contribution in [1.29, 1.82) is 0 Å². The van der Waals surface area contributed by atoms with Gasteiger partial charge in [0.1, 0.15) is 5.82 Å². The summed E-state index contributed by atoms with van der Waals surface area (Å²) in [5, 5.41) is 0. The van der Waals surface area contributed by atoms with Crippen LogP contribution < -0.4 is 0 Å². The zero-order valence-electron chi connectivity index (χ0n) is 23.8. The Bertz CT molecular complexity index is 1360. The van der Waals surface area contributed by atoms with Crippen molar-refractivity contribution < 1.29 is 40.3 Å². The molecule has 1 heterocycles. The Morgan fingerprint density at radius 1 is 1.02 bits per heavy atom. The van der Waals surface area contributed by atoms with Gasteiger partial charge in [0, 0.05) is 55.7 Å². The molecule has 1 aliphatic carbocycles. The van der Waals surface area contributed by atoms with Crippen LogP contribution in [-0.4, -0.2) is 41.6 Å².